The predicted octanol–water partition coefficient (Wildman–Crippen LogP) is 2.90. The second kappa shape index (κ2) is 2.92. The number of hydrogen-bond acceptors (Lipinski definition) is 2. The largest absolute Gasteiger partial charge is 0.416 e. The Morgan fingerprint density at radius 2 is 2.00 bits per heavy atom. The summed E-state index contributed by atoms with van der Waals surface area (Å²) < 4.78 is 35.8. The molecule has 0 aromatic heterocycles. The van der Waals surface area contributed by atoms with Crippen molar-refractivity contribution in [3.05, 3.63) is 34.7 Å². The molecule has 63 valence electrons. The second-order valence-electron chi connectivity index (χ2n) is 2.07. The number of rotatable bonds is 1. The minimum absolute atomic E-state index is 0.273. The summed E-state index contributed by atoms with van der Waals surface area (Å²) in [4.78, 5) is 9.85. The normalized spacial score (nSPS) is 11.2. The molecule has 0 amide bonds. The van der Waals surface area contributed by atoms with Crippen LogP contribution in [0.2, 0.25) is 0 Å². The Labute approximate surface area is 66.0 Å². The van der Waals surface area contributed by atoms with Gasteiger partial charge in [0, 0.05) is 0 Å². The third-order valence-electron chi connectivity index (χ3n) is 1.21. The van der Waals surface area contributed by atoms with Gasteiger partial charge in [0.25, 0.3) is 0 Å². The van der Waals surface area contributed by atoms with E-state index in [-0.39, 0.29) is 5.69 Å². The summed E-state index contributed by atoms with van der Waals surface area (Å²) in [6.07, 6.45) is -4.45. The first-order valence-corrected chi connectivity index (χ1v) is 2.96. The lowest BCUT2D eigenvalue weighted by atomic mass is 10.2. The van der Waals surface area contributed by atoms with Gasteiger partial charge < -0.3 is 0 Å². The number of nitroso groups, excluding NO2 is 1. The van der Waals surface area contributed by atoms with Gasteiger partial charge in [0.2, 0.25) is 0 Å². The van der Waals surface area contributed by atoms with Crippen LogP contribution in [-0.4, -0.2) is 0 Å². The molecule has 0 heterocycles. The predicted molar refractivity (Wildman–Crippen MR) is 35.7 cm³/mol. The Bertz CT molecular complexity index is 295. The van der Waals surface area contributed by atoms with Crippen LogP contribution in [0.3, 0.4) is 0 Å². The molecule has 0 atom stereocenters. The molecule has 0 aliphatic rings. The number of nitrogens with zero attached hydrogens (tertiary/aromatic N) is 1. The quantitative estimate of drug-likeness (QED) is 0.602. The molecule has 1 rings (SSSR count). The molecular weight excluding hydrogens is 171 g/mol. The molecular formula is C7H3F3NO. The summed E-state index contributed by atoms with van der Waals surface area (Å²) in [6.45, 7) is 0. The molecule has 0 unspecified atom stereocenters. The molecule has 0 aliphatic carbocycles. The summed E-state index contributed by atoms with van der Waals surface area (Å²) in [7, 11) is 0. The van der Waals surface area contributed by atoms with Crippen LogP contribution >= 0.6 is 0 Å². The lowest BCUT2D eigenvalue weighted by molar-refractivity contribution is -0.137. The number of hydrogen-bond donors (Lipinski definition) is 0. The van der Waals surface area contributed by atoms with Gasteiger partial charge in [-0.2, -0.15) is 13.2 Å². The highest BCUT2D eigenvalue weighted by Gasteiger charge is 2.30. The molecule has 1 radical (unpaired) electrons. The van der Waals surface area contributed by atoms with Crippen molar-refractivity contribution >= 4 is 5.69 Å². The van der Waals surface area contributed by atoms with Crippen LogP contribution in [0.1, 0.15) is 5.56 Å². The summed E-state index contributed by atoms with van der Waals surface area (Å²) in [5.74, 6) is 0. The maximum Gasteiger partial charge on any atom is 0.416 e. The lowest BCUT2D eigenvalue weighted by Crippen LogP contribution is -2.03. The molecule has 0 saturated carbocycles. The molecule has 0 fully saturated rings. The fourth-order valence-electron chi connectivity index (χ4n) is 0.676. The molecule has 2 nitrogen and oxygen atoms in total. The number of halogens is 3. The van der Waals surface area contributed by atoms with E-state index < -0.39 is 11.7 Å². The van der Waals surface area contributed by atoms with Crippen LogP contribution in [0, 0.1) is 11.0 Å². The van der Waals surface area contributed by atoms with Gasteiger partial charge in [0.05, 0.1) is 5.56 Å². The highest BCUT2D eigenvalue weighted by atomic mass is 19.4. The molecule has 5 heteroatoms. The van der Waals surface area contributed by atoms with E-state index in [0.717, 1.165) is 12.1 Å². The Kier molecular flexibility index (Phi) is 2.12. The summed E-state index contributed by atoms with van der Waals surface area (Å²) in [5, 5.41) is 2.36. The minimum Gasteiger partial charge on any atom is -0.166 e. The molecule has 0 aliphatic heterocycles. The lowest BCUT2D eigenvalue weighted by Gasteiger charge is -2.04. The molecule has 1 aromatic carbocycles. The minimum atomic E-state index is -4.45. The molecule has 1 aromatic rings. The first kappa shape index (κ1) is 8.70. The van der Waals surface area contributed by atoms with Crippen LogP contribution in [0.5, 0.6) is 0 Å². The first-order valence-electron chi connectivity index (χ1n) is 2.96. The Hall–Kier alpha value is -1.39. The molecule has 0 bridgehead atoms. The van der Waals surface area contributed by atoms with Crippen molar-refractivity contribution in [1.82, 2.24) is 0 Å². The molecule has 0 saturated heterocycles. The maximum absolute atomic E-state index is 11.9. The van der Waals surface area contributed by atoms with Gasteiger partial charge in [0.15, 0.2) is 0 Å². The summed E-state index contributed by atoms with van der Waals surface area (Å²) in [6, 6.07) is 4.69. The van der Waals surface area contributed by atoms with Crippen LogP contribution in [0.25, 0.3) is 0 Å². The third kappa shape index (κ3) is 1.81. The monoisotopic (exact) mass is 174 g/mol. The van der Waals surface area contributed by atoms with E-state index in [1.165, 1.54) is 0 Å². The van der Waals surface area contributed by atoms with Gasteiger partial charge in [-0.3, -0.25) is 0 Å². The van der Waals surface area contributed by atoms with Gasteiger partial charge in [-0.25, -0.2) is 0 Å². The summed E-state index contributed by atoms with van der Waals surface area (Å²) in [5.41, 5.74) is -1.19. The van der Waals surface area contributed by atoms with Crippen molar-refractivity contribution in [2.24, 2.45) is 5.18 Å². The van der Waals surface area contributed by atoms with Crippen molar-refractivity contribution in [2.75, 3.05) is 0 Å². The zero-order valence-electron chi connectivity index (χ0n) is 5.72. The van der Waals surface area contributed by atoms with E-state index >= 15 is 0 Å². The van der Waals surface area contributed by atoms with E-state index in [1.54, 1.807) is 0 Å². The number of benzene rings is 1. The Balaban J connectivity index is 3.10. The smallest absolute Gasteiger partial charge is 0.166 e. The van der Waals surface area contributed by atoms with Gasteiger partial charge in [-0.1, -0.05) is 0 Å². The van der Waals surface area contributed by atoms with Gasteiger partial charge in [0.1, 0.15) is 5.69 Å². The number of alkyl halides is 3. The summed E-state index contributed by atoms with van der Waals surface area (Å²) >= 11 is 0. The highest BCUT2D eigenvalue weighted by molar-refractivity contribution is 5.40. The van der Waals surface area contributed by atoms with Crippen molar-refractivity contribution in [1.29, 1.82) is 0 Å². The van der Waals surface area contributed by atoms with Crippen molar-refractivity contribution in [3.8, 4) is 0 Å². The van der Waals surface area contributed by atoms with Gasteiger partial charge >= 0.3 is 6.18 Å². The fraction of sp³-hybridized carbons (Fsp3) is 0.143. The Morgan fingerprint density at radius 3 is 2.50 bits per heavy atom. The maximum atomic E-state index is 11.9. The van der Waals surface area contributed by atoms with Crippen LogP contribution in [0.15, 0.2) is 23.4 Å². The van der Waals surface area contributed by atoms with Crippen LogP contribution in [0.4, 0.5) is 18.9 Å². The van der Waals surface area contributed by atoms with Crippen molar-refractivity contribution < 1.29 is 13.2 Å². The molecule has 0 N–H and O–H groups in total. The third-order valence-corrected chi connectivity index (χ3v) is 1.21. The molecule has 0 spiro atoms. The van der Waals surface area contributed by atoms with E-state index in [1.807, 2.05) is 0 Å². The topological polar surface area (TPSA) is 29.4 Å². The van der Waals surface area contributed by atoms with E-state index in [2.05, 4.69) is 11.2 Å². The zero-order chi connectivity index (χ0) is 9.19. The highest BCUT2D eigenvalue weighted by Crippen LogP contribution is 2.30. The standard InChI is InChI=1S/C7H3F3NO/c8-7(9,10)5-2-1-3-6(4-5)11-12/h2-4H. The van der Waals surface area contributed by atoms with Crippen molar-refractivity contribution in [2.45, 2.75) is 6.18 Å². The van der Waals surface area contributed by atoms with E-state index in [0.29, 0.717) is 6.07 Å². The SMILES string of the molecule is O=Nc1c[c]cc(C(F)(F)F)c1. The zero-order valence-corrected chi connectivity index (χ0v) is 5.72. The van der Waals surface area contributed by atoms with E-state index in [9.17, 15) is 18.1 Å². The van der Waals surface area contributed by atoms with E-state index in [4.69, 9.17) is 0 Å². The fourth-order valence-corrected chi connectivity index (χ4v) is 0.676. The average Bonchev–Trinajstić information content (AvgIpc) is 2.03. The van der Waals surface area contributed by atoms with Crippen LogP contribution < -0.4 is 0 Å². The average molecular weight is 174 g/mol. The van der Waals surface area contributed by atoms with Gasteiger partial charge in [-0.05, 0) is 29.4 Å². The first-order chi connectivity index (χ1) is 5.54. The molecule has 12 heavy (non-hydrogen) atoms. The van der Waals surface area contributed by atoms with Gasteiger partial charge in [-0.15, -0.1) is 4.91 Å². The Morgan fingerprint density at radius 1 is 1.33 bits per heavy atom. The second-order valence-corrected chi connectivity index (χ2v) is 2.07. The van der Waals surface area contributed by atoms with Crippen molar-refractivity contribution in [3.63, 3.8) is 0 Å². The van der Waals surface area contributed by atoms with Crippen LogP contribution in [-0.2, 0) is 6.18 Å².